The molecule has 3 rings (SSSR count). The summed E-state index contributed by atoms with van der Waals surface area (Å²) in [5.74, 6) is -0.814. The number of rotatable bonds is 3. The van der Waals surface area contributed by atoms with Gasteiger partial charge in [-0.2, -0.15) is 5.01 Å². The van der Waals surface area contributed by atoms with Crippen LogP contribution in [0.2, 0.25) is 0 Å². The van der Waals surface area contributed by atoms with E-state index in [1.807, 2.05) is 24.3 Å². The van der Waals surface area contributed by atoms with Crippen LogP contribution < -0.4 is 5.43 Å². The molecule has 126 valence electrons. The standard InChI is InChI=1S/C17H11BrN2O3S2/c18-12-5-1-10(2-6-12)9-14-16(23)20(17(24)25-14)19-15(22)11-3-7-13(21)8-4-11/h1-9,21H,(H,19,22)/b14-9-. The quantitative estimate of drug-likeness (QED) is 0.569. The number of amides is 2. The van der Waals surface area contributed by atoms with Crippen molar-refractivity contribution >= 4 is 62.1 Å². The summed E-state index contributed by atoms with van der Waals surface area (Å²) >= 11 is 9.67. The van der Waals surface area contributed by atoms with E-state index in [9.17, 15) is 14.7 Å². The molecule has 2 aromatic carbocycles. The highest BCUT2D eigenvalue weighted by atomic mass is 79.9. The van der Waals surface area contributed by atoms with Crippen LogP contribution in [0.5, 0.6) is 5.75 Å². The predicted octanol–water partition coefficient (Wildman–Crippen LogP) is 3.70. The van der Waals surface area contributed by atoms with Crippen molar-refractivity contribution in [3.05, 3.63) is 69.0 Å². The van der Waals surface area contributed by atoms with Crippen molar-refractivity contribution in [1.82, 2.24) is 10.4 Å². The summed E-state index contributed by atoms with van der Waals surface area (Å²) in [4.78, 5) is 25.1. The third kappa shape index (κ3) is 4.09. The average Bonchev–Trinajstić information content (AvgIpc) is 2.85. The van der Waals surface area contributed by atoms with Crippen molar-refractivity contribution in [2.24, 2.45) is 0 Å². The summed E-state index contributed by atoms with van der Waals surface area (Å²) in [5.41, 5.74) is 3.66. The van der Waals surface area contributed by atoms with Crippen LogP contribution in [0.3, 0.4) is 0 Å². The maximum Gasteiger partial charge on any atom is 0.285 e. The third-order valence-electron chi connectivity index (χ3n) is 3.30. The minimum atomic E-state index is -0.485. The Kier molecular flexibility index (Phi) is 5.22. The molecule has 8 heteroatoms. The Balaban J connectivity index is 1.76. The number of aromatic hydroxyl groups is 1. The summed E-state index contributed by atoms with van der Waals surface area (Å²) in [6.07, 6.45) is 1.72. The first kappa shape index (κ1) is 17.7. The van der Waals surface area contributed by atoms with Gasteiger partial charge in [0.25, 0.3) is 11.8 Å². The molecular formula is C17H11BrN2O3S2. The van der Waals surface area contributed by atoms with Crippen LogP contribution in [0.4, 0.5) is 0 Å². The topological polar surface area (TPSA) is 69.6 Å². The van der Waals surface area contributed by atoms with E-state index in [0.717, 1.165) is 26.8 Å². The maximum atomic E-state index is 12.5. The minimum absolute atomic E-state index is 0.0552. The summed E-state index contributed by atoms with van der Waals surface area (Å²) < 4.78 is 1.19. The molecule has 25 heavy (non-hydrogen) atoms. The fourth-order valence-corrected chi connectivity index (χ4v) is 3.50. The van der Waals surface area contributed by atoms with Gasteiger partial charge in [0, 0.05) is 10.0 Å². The fourth-order valence-electron chi connectivity index (χ4n) is 2.05. The molecule has 1 fully saturated rings. The number of hydrazine groups is 1. The van der Waals surface area contributed by atoms with Crippen molar-refractivity contribution in [3.63, 3.8) is 0 Å². The normalized spacial score (nSPS) is 15.7. The summed E-state index contributed by atoms with van der Waals surface area (Å²) in [7, 11) is 0. The van der Waals surface area contributed by atoms with Crippen molar-refractivity contribution in [1.29, 1.82) is 0 Å². The van der Waals surface area contributed by atoms with E-state index in [-0.39, 0.29) is 16.0 Å². The highest BCUT2D eigenvalue weighted by molar-refractivity contribution is 9.10. The first-order valence-electron chi connectivity index (χ1n) is 7.07. The molecule has 2 N–H and O–H groups in total. The van der Waals surface area contributed by atoms with Crippen LogP contribution in [-0.2, 0) is 4.79 Å². The molecule has 1 aliphatic rings. The van der Waals surface area contributed by atoms with Crippen LogP contribution >= 0.6 is 39.9 Å². The molecule has 0 saturated carbocycles. The second-order valence-electron chi connectivity index (χ2n) is 5.06. The first-order chi connectivity index (χ1) is 11.9. The van der Waals surface area contributed by atoms with Gasteiger partial charge in [0.15, 0.2) is 4.32 Å². The number of nitrogens with one attached hydrogen (secondary N) is 1. The van der Waals surface area contributed by atoms with Crippen molar-refractivity contribution in [3.8, 4) is 5.75 Å². The van der Waals surface area contributed by atoms with E-state index in [0.29, 0.717) is 10.5 Å². The number of carbonyl (C=O) groups excluding carboxylic acids is 2. The largest absolute Gasteiger partial charge is 0.508 e. The Hall–Kier alpha value is -2.16. The van der Waals surface area contributed by atoms with E-state index in [2.05, 4.69) is 21.4 Å². The number of halogens is 1. The van der Waals surface area contributed by atoms with Gasteiger partial charge >= 0.3 is 0 Å². The van der Waals surface area contributed by atoms with Crippen LogP contribution in [0.25, 0.3) is 6.08 Å². The number of nitrogens with zero attached hydrogens (tertiary/aromatic N) is 1. The Morgan fingerprint density at radius 3 is 2.44 bits per heavy atom. The number of hydrogen-bond donors (Lipinski definition) is 2. The molecule has 5 nitrogen and oxygen atoms in total. The van der Waals surface area contributed by atoms with Crippen LogP contribution in [0, 0.1) is 0 Å². The maximum absolute atomic E-state index is 12.5. The first-order valence-corrected chi connectivity index (χ1v) is 9.09. The van der Waals surface area contributed by atoms with Gasteiger partial charge in [-0.15, -0.1) is 0 Å². The predicted molar refractivity (Wildman–Crippen MR) is 105 cm³/mol. The van der Waals surface area contributed by atoms with E-state index in [1.54, 1.807) is 6.08 Å². The molecular weight excluding hydrogens is 424 g/mol. The number of thiocarbonyl (C=S) groups is 1. The van der Waals surface area contributed by atoms with Gasteiger partial charge in [-0.05, 0) is 60.3 Å². The number of phenolic OH excluding ortho intramolecular Hbond substituents is 1. The smallest absolute Gasteiger partial charge is 0.285 e. The van der Waals surface area contributed by atoms with Crippen LogP contribution in [0.15, 0.2) is 57.9 Å². The van der Waals surface area contributed by atoms with E-state index in [1.165, 1.54) is 24.3 Å². The molecule has 2 aromatic rings. The molecule has 0 bridgehead atoms. The molecule has 0 unspecified atom stereocenters. The Labute approximate surface area is 161 Å². The van der Waals surface area contributed by atoms with Gasteiger partial charge in [-0.1, -0.05) is 39.8 Å². The summed E-state index contributed by atoms with van der Waals surface area (Å²) in [5, 5.41) is 10.3. The highest BCUT2D eigenvalue weighted by Crippen LogP contribution is 2.31. The zero-order chi connectivity index (χ0) is 18.0. The lowest BCUT2D eigenvalue weighted by Gasteiger charge is -2.15. The number of thioether (sulfide) groups is 1. The third-order valence-corrected chi connectivity index (χ3v) is 5.14. The SMILES string of the molecule is O=C(NN1C(=O)/C(=C/c2ccc(Br)cc2)SC1=S)c1ccc(O)cc1. The lowest BCUT2D eigenvalue weighted by Crippen LogP contribution is -2.44. The molecule has 1 aliphatic heterocycles. The Morgan fingerprint density at radius 2 is 1.80 bits per heavy atom. The van der Waals surface area contributed by atoms with E-state index < -0.39 is 5.91 Å². The lowest BCUT2D eigenvalue weighted by molar-refractivity contribution is -0.123. The zero-order valence-electron chi connectivity index (χ0n) is 12.6. The second-order valence-corrected chi connectivity index (χ2v) is 7.65. The number of phenols is 1. The van der Waals surface area contributed by atoms with E-state index in [4.69, 9.17) is 12.2 Å². The summed E-state index contributed by atoms with van der Waals surface area (Å²) in [6.45, 7) is 0. The Bertz CT molecular complexity index is 880. The molecule has 0 aliphatic carbocycles. The van der Waals surface area contributed by atoms with E-state index >= 15 is 0 Å². The number of hydrogen-bond acceptors (Lipinski definition) is 5. The zero-order valence-corrected chi connectivity index (χ0v) is 15.8. The number of carbonyl (C=O) groups is 2. The van der Waals surface area contributed by atoms with Gasteiger partial charge in [0.1, 0.15) is 5.75 Å². The lowest BCUT2D eigenvalue weighted by atomic mass is 10.2. The van der Waals surface area contributed by atoms with Crippen LogP contribution in [-0.4, -0.2) is 26.3 Å². The van der Waals surface area contributed by atoms with Crippen molar-refractivity contribution in [2.45, 2.75) is 0 Å². The van der Waals surface area contributed by atoms with Gasteiger partial charge < -0.3 is 5.11 Å². The molecule has 1 heterocycles. The Morgan fingerprint density at radius 1 is 1.16 bits per heavy atom. The summed E-state index contributed by atoms with van der Waals surface area (Å²) in [6, 6.07) is 13.2. The molecule has 0 spiro atoms. The van der Waals surface area contributed by atoms with Crippen LogP contribution in [0.1, 0.15) is 15.9 Å². The highest BCUT2D eigenvalue weighted by Gasteiger charge is 2.33. The average molecular weight is 435 g/mol. The molecule has 1 saturated heterocycles. The number of benzene rings is 2. The second kappa shape index (κ2) is 7.38. The minimum Gasteiger partial charge on any atom is -0.508 e. The van der Waals surface area contributed by atoms with Gasteiger partial charge in [-0.25, -0.2) is 0 Å². The molecule has 0 atom stereocenters. The van der Waals surface area contributed by atoms with Crippen molar-refractivity contribution in [2.75, 3.05) is 0 Å². The molecule has 0 aromatic heterocycles. The molecule has 2 amide bonds. The fraction of sp³-hybridized carbons (Fsp3) is 0. The van der Waals surface area contributed by atoms with Crippen molar-refractivity contribution < 1.29 is 14.7 Å². The van der Waals surface area contributed by atoms with Gasteiger partial charge in [0.05, 0.1) is 4.91 Å². The molecule has 0 radical (unpaired) electrons. The monoisotopic (exact) mass is 434 g/mol. The van der Waals surface area contributed by atoms with Gasteiger partial charge in [-0.3, -0.25) is 15.0 Å². The van der Waals surface area contributed by atoms with Gasteiger partial charge in [0.2, 0.25) is 0 Å².